The molecule has 1 unspecified atom stereocenters. The van der Waals surface area contributed by atoms with Crippen molar-refractivity contribution in [1.29, 1.82) is 5.26 Å². The summed E-state index contributed by atoms with van der Waals surface area (Å²) >= 11 is 3.21. The SMILES string of the molecule is CC(C#N)OC(=O)c1ccc(Br)c(N)c1. The fraction of sp³-hybridized carbons (Fsp3) is 0.200. The average molecular weight is 269 g/mol. The van der Waals surface area contributed by atoms with E-state index in [1.165, 1.54) is 13.0 Å². The highest BCUT2D eigenvalue weighted by atomic mass is 79.9. The number of ether oxygens (including phenoxy) is 1. The van der Waals surface area contributed by atoms with Crippen LogP contribution in [0.5, 0.6) is 0 Å². The fourth-order valence-electron chi connectivity index (χ4n) is 0.926. The maximum atomic E-state index is 11.4. The van der Waals surface area contributed by atoms with E-state index in [0.29, 0.717) is 15.7 Å². The van der Waals surface area contributed by atoms with Gasteiger partial charge in [0.25, 0.3) is 0 Å². The smallest absolute Gasteiger partial charge is 0.339 e. The van der Waals surface area contributed by atoms with Crippen LogP contribution >= 0.6 is 15.9 Å². The summed E-state index contributed by atoms with van der Waals surface area (Å²) in [6.45, 7) is 1.50. The molecule has 0 saturated carbocycles. The standard InChI is InChI=1S/C10H9BrN2O2/c1-6(5-12)15-10(14)7-2-3-8(11)9(13)4-7/h2-4,6H,13H2,1H3. The number of hydrogen-bond donors (Lipinski definition) is 1. The van der Waals surface area contributed by atoms with Gasteiger partial charge >= 0.3 is 5.97 Å². The second kappa shape index (κ2) is 4.80. The van der Waals surface area contributed by atoms with Crippen molar-refractivity contribution < 1.29 is 9.53 Å². The van der Waals surface area contributed by atoms with Crippen molar-refractivity contribution in [3.63, 3.8) is 0 Å². The molecule has 0 spiro atoms. The molecule has 4 nitrogen and oxygen atoms in total. The molecule has 0 aliphatic carbocycles. The summed E-state index contributed by atoms with van der Waals surface area (Å²) in [4.78, 5) is 11.4. The van der Waals surface area contributed by atoms with Crippen LogP contribution in [0.2, 0.25) is 0 Å². The van der Waals surface area contributed by atoms with Crippen LogP contribution in [0.3, 0.4) is 0 Å². The molecule has 0 radical (unpaired) electrons. The molecule has 15 heavy (non-hydrogen) atoms. The van der Waals surface area contributed by atoms with Crippen LogP contribution in [0, 0.1) is 11.3 Å². The molecule has 1 atom stereocenters. The summed E-state index contributed by atoms with van der Waals surface area (Å²) in [5.41, 5.74) is 6.39. The van der Waals surface area contributed by atoms with Crippen molar-refractivity contribution >= 4 is 27.6 Å². The Bertz CT molecular complexity index is 426. The normalized spacial score (nSPS) is 11.5. The number of nitriles is 1. The van der Waals surface area contributed by atoms with E-state index < -0.39 is 12.1 Å². The van der Waals surface area contributed by atoms with Crippen LogP contribution in [-0.2, 0) is 4.74 Å². The van der Waals surface area contributed by atoms with Gasteiger partial charge in [-0.15, -0.1) is 0 Å². The van der Waals surface area contributed by atoms with E-state index in [4.69, 9.17) is 15.7 Å². The third kappa shape index (κ3) is 2.96. The molecule has 0 fully saturated rings. The van der Waals surface area contributed by atoms with Crippen molar-refractivity contribution in [3.8, 4) is 6.07 Å². The lowest BCUT2D eigenvalue weighted by Crippen LogP contribution is -2.13. The van der Waals surface area contributed by atoms with Crippen LogP contribution < -0.4 is 5.73 Å². The lowest BCUT2D eigenvalue weighted by atomic mass is 10.2. The Hall–Kier alpha value is -1.54. The summed E-state index contributed by atoms with van der Waals surface area (Å²) in [7, 11) is 0. The number of esters is 1. The third-order valence-electron chi connectivity index (χ3n) is 1.70. The van der Waals surface area contributed by atoms with Gasteiger partial charge in [-0.25, -0.2) is 4.79 Å². The molecule has 0 heterocycles. The van der Waals surface area contributed by atoms with E-state index in [1.54, 1.807) is 12.1 Å². The molecular weight excluding hydrogens is 260 g/mol. The second-order valence-electron chi connectivity index (χ2n) is 2.91. The number of rotatable bonds is 2. The van der Waals surface area contributed by atoms with Crippen LogP contribution in [0.1, 0.15) is 17.3 Å². The third-order valence-corrected chi connectivity index (χ3v) is 2.42. The van der Waals surface area contributed by atoms with E-state index in [0.717, 1.165) is 0 Å². The van der Waals surface area contributed by atoms with Gasteiger partial charge in [0.05, 0.1) is 5.56 Å². The molecule has 0 aliphatic heterocycles. The predicted octanol–water partition coefficient (Wildman–Crippen LogP) is 2.10. The number of halogens is 1. The van der Waals surface area contributed by atoms with E-state index >= 15 is 0 Å². The van der Waals surface area contributed by atoms with Gasteiger partial charge in [0.1, 0.15) is 6.07 Å². The lowest BCUT2D eigenvalue weighted by Gasteiger charge is -2.06. The Balaban J connectivity index is 2.84. The Kier molecular flexibility index (Phi) is 3.69. The number of hydrogen-bond acceptors (Lipinski definition) is 4. The number of carbonyl (C=O) groups is 1. The van der Waals surface area contributed by atoms with Gasteiger partial charge in [-0.05, 0) is 41.1 Å². The summed E-state index contributed by atoms with van der Waals surface area (Å²) in [6.07, 6.45) is -0.762. The Morgan fingerprint density at radius 3 is 2.87 bits per heavy atom. The largest absolute Gasteiger partial charge is 0.444 e. The minimum Gasteiger partial charge on any atom is -0.444 e. The van der Waals surface area contributed by atoms with Gasteiger partial charge < -0.3 is 10.5 Å². The highest BCUT2D eigenvalue weighted by Crippen LogP contribution is 2.20. The van der Waals surface area contributed by atoms with E-state index in [1.807, 2.05) is 6.07 Å². The van der Waals surface area contributed by atoms with Gasteiger partial charge in [-0.1, -0.05) is 0 Å². The predicted molar refractivity (Wildman–Crippen MR) is 59.0 cm³/mol. The minimum atomic E-state index is -0.762. The zero-order valence-corrected chi connectivity index (χ0v) is 9.61. The van der Waals surface area contributed by atoms with Gasteiger partial charge in [-0.2, -0.15) is 5.26 Å². The highest BCUT2D eigenvalue weighted by molar-refractivity contribution is 9.10. The maximum Gasteiger partial charge on any atom is 0.339 e. The van der Waals surface area contributed by atoms with Crippen LogP contribution in [0.4, 0.5) is 5.69 Å². The highest BCUT2D eigenvalue weighted by Gasteiger charge is 2.11. The first-order valence-corrected chi connectivity index (χ1v) is 4.99. The zero-order chi connectivity index (χ0) is 11.4. The molecule has 0 saturated heterocycles. The van der Waals surface area contributed by atoms with E-state index in [9.17, 15) is 4.79 Å². The van der Waals surface area contributed by atoms with Crippen LogP contribution in [-0.4, -0.2) is 12.1 Å². The van der Waals surface area contributed by atoms with Gasteiger partial charge in [0.15, 0.2) is 6.10 Å². The summed E-state index contributed by atoms with van der Waals surface area (Å²) in [5, 5.41) is 8.47. The summed E-state index contributed by atoms with van der Waals surface area (Å²) < 4.78 is 5.52. The average Bonchev–Trinajstić information content (AvgIpc) is 2.21. The van der Waals surface area contributed by atoms with Crippen molar-refractivity contribution in [3.05, 3.63) is 28.2 Å². The molecule has 0 amide bonds. The molecular formula is C10H9BrN2O2. The van der Waals surface area contributed by atoms with Crippen LogP contribution in [0.15, 0.2) is 22.7 Å². The number of benzene rings is 1. The molecule has 0 bridgehead atoms. The molecule has 5 heteroatoms. The quantitative estimate of drug-likeness (QED) is 0.658. The molecule has 0 aromatic heterocycles. The fourth-order valence-corrected chi connectivity index (χ4v) is 1.17. The monoisotopic (exact) mass is 268 g/mol. The number of nitrogen functional groups attached to an aromatic ring is 1. The molecule has 0 aliphatic rings. The van der Waals surface area contributed by atoms with E-state index in [-0.39, 0.29) is 0 Å². The second-order valence-corrected chi connectivity index (χ2v) is 3.77. The molecule has 1 rings (SSSR count). The first kappa shape index (κ1) is 11.5. The molecule has 78 valence electrons. The number of nitrogens with zero attached hydrogens (tertiary/aromatic N) is 1. The van der Waals surface area contributed by atoms with Gasteiger partial charge in [0.2, 0.25) is 0 Å². The Labute approximate surface area is 95.8 Å². The zero-order valence-electron chi connectivity index (χ0n) is 8.03. The number of carbonyl (C=O) groups excluding carboxylic acids is 1. The first-order valence-electron chi connectivity index (χ1n) is 4.20. The Morgan fingerprint density at radius 2 is 2.33 bits per heavy atom. The van der Waals surface area contributed by atoms with Gasteiger partial charge in [0, 0.05) is 10.2 Å². The molecule has 2 N–H and O–H groups in total. The van der Waals surface area contributed by atoms with Crippen molar-refractivity contribution in [1.82, 2.24) is 0 Å². The van der Waals surface area contributed by atoms with Crippen molar-refractivity contribution in [2.75, 3.05) is 5.73 Å². The summed E-state index contributed by atoms with van der Waals surface area (Å²) in [6, 6.07) is 6.54. The minimum absolute atomic E-state index is 0.331. The maximum absolute atomic E-state index is 11.4. The van der Waals surface area contributed by atoms with Gasteiger partial charge in [-0.3, -0.25) is 0 Å². The summed E-state index contributed by atoms with van der Waals surface area (Å²) in [5.74, 6) is -0.553. The Morgan fingerprint density at radius 1 is 1.67 bits per heavy atom. The molecule has 1 aromatic rings. The molecule has 1 aromatic carbocycles. The lowest BCUT2D eigenvalue weighted by molar-refractivity contribution is 0.0435. The first-order chi connectivity index (χ1) is 7.04. The van der Waals surface area contributed by atoms with Crippen LogP contribution in [0.25, 0.3) is 0 Å². The number of nitrogens with two attached hydrogens (primary N) is 1. The number of anilines is 1. The van der Waals surface area contributed by atoms with Crippen molar-refractivity contribution in [2.45, 2.75) is 13.0 Å². The topological polar surface area (TPSA) is 76.1 Å². The van der Waals surface area contributed by atoms with E-state index in [2.05, 4.69) is 15.9 Å². The van der Waals surface area contributed by atoms with Crippen molar-refractivity contribution in [2.24, 2.45) is 0 Å².